The molecule has 0 saturated heterocycles. The Kier molecular flexibility index (Phi) is 4.40. The summed E-state index contributed by atoms with van der Waals surface area (Å²) in [6.07, 6.45) is 0. The van der Waals surface area contributed by atoms with Crippen LogP contribution in [0.3, 0.4) is 0 Å². The molecule has 3 aromatic rings. The van der Waals surface area contributed by atoms with Gasteiger partial charge in [0.25, 0.3) is 0 Å². The Balaban J connectivity index is 1.91. The Morgan fingerprint density at radius 2 is 1.50 bits per heavy atom. The molecule has 0 saturated carbocycles. The van der Waals surface area contributed by atoms with E-state index < -0.39 is 0 Å². The van der Waals surface area contributed by atoms with Crippen LogP contribution >= 0.6 is 0 Å². The first-order valence-corrected chi connectivity index (χ1v) is 7.51. The van der Waals surface area contributed by atoms with Crippen LogP contribution in [-0.4, -0.2) is 12.2 Å². The molecule has 24 heavy (non-hydrogen) atoms. The van der Waals surface area contributed by atoms with Crippen molar-refractivity contribution in [3.63, 3.8) is 0 Å². The minimum atomic E-state index is 0.212. The molecular weight excluding hydrogens is 298 g/mol. The van der Waals surface area contributed by atoms with Crippen molar-refractivity contribution in [2.45, 2.75) is 0 Å². The maximum Gasteiger partial charge on any atom is 0.141 e. The average Bonchev–Trinajstić information content (AvgIpc) is 2.60. The molecule has 0 aliphatic rings. The highest BCUT2D eigenvalue weighted by atomic mass is 16.5. The van der Waals surface area contributed by atoms with Gasteiger partial charge in [0, 0.05) is 11.1 Å². The lowest BCUT2D eigenvalue weighted by Crippen LogP contribution is -1.92. The average molecular weight is 315 g/mol. The second-order valence-corrected chi connectivity index (χ2v) is 5.34. The molecule has 3 heteroatoms. The van der Waals surface area contributed by atoms with E-state index in [2.05, 4.69) is 11.8 Å². The Labute approximate surface area is 141 Å². The molecule has 3 aromatic carbocycles. The van der Waals surface area contributed by atoms with Crippen LogP contribution in [-0.2, 0) is 0 Å². The first-order chi connectivity index (χ1) is 11.7. The molecule has 0 aliphatic heterocycles. The zero-order valence-electron chi connectivity index (χ0n) is 13.3. The van der Waals surface area contributed by atoms with Crippen molar-refractivity contribution in [1.82, 2.24) is 0 Å². The third-order valence-corrected chi connectivity index (χ3v) is 3.62. The second kappa shape index (κ2) is 6.80. The number of aromatic hydroxyl groups is 1. The molecule has 0 fully saturated rings. The number of benzene rings is 3. The summed E-state index contributed by atoms with van der Waals surface area (Å²) in [7, 11) is 1.60. The predicted molar refractivity (Wildman–Crippen MR) is 96.9 cm³/mol. The third kappa shape index (κ3) is 3.50. The van der Waals surface area contributed by atoms with Gasteiger partial charge in [-0.05, 0) is 53.6 Å². The molecule has 0 aromatic heterocycles. The van der Waals surface area contributed by atoms with E-state index in [0.717, 1.165) is 22.3 Å². The smallest absolute Gasteiger partial charge is 0.141 e. The summed E-state index contributed by atoms with van der Waals surface area (Å²) in [6.45, 7) is 0. The number of hydrogen-bond acceptors (Lipinski definition) is 3. The Morgan fingerprint density at radius 1 is 0.833 bits per heavy atom. The minimum absolute atomic E-state index is 0.212. The van der Waals surface area contributed by atoms with E-state index in [1.807, 2.05) is 48.5 Å². The van der Waals surface area contributed by atoms with Gasteiger partial charge in [-0.1, -0.05) is 36.1 Å². The fourth-order valence-electron chi connectivity index (χ4n) is 2.42. The fourth-order valence-corrected chi connectivity index (χ4v) is 2.42. The molecule has 0 radical (unpaired) electrons. The monoisotopic (exact) mass is 315 g/mol. The molecule has 0 heterocycles. The number of rotatable bonds is 2. The molecular formula is C21H17NO2. The van der Waals surface area contributed by atoms with Crippen LogP contribution in [0.1, 0.15) is 11.1 Å². The zero-order valence-corrected chi connectivity index (χ0v) is 13.3. The van der Waals surface area contributed by atoms with E-state index in [1.165, 1.54) is 0 Å². The second-order valence-electron chi connectivity index (χ2n) is 5.34. The molecule has 0 atom stereocenters. The van der Waals surface area contributed by atoms with Gasteiger partial charge < -0.3 is 15.6 Å². The van der Waals surface area contributed by atoms with Gasteiger partial charge in [-0.2, -0.15) is 0 Å². The standard InChI is InChI=1S/C21H17NO2/c1-24-21-11-10-18(14-20(21)22)17-6-2-4-15(12-17)8-9-16-5-3-7-19(23)13-16/h2-7,10-14,23H,22H2,1H3. The summed E-state index contributed by atoms with van der Waals surface area (Å²) in [4.78, 5) is 0. The number of hydrogen-bond donors (Lipinski definition) is 2. The topological polar surface area (TPSA) is 55.5 Å². The maximum atomic E-state index is 9.48. The quantitative estimate of drug-likeness (QED) is 0.554. The van der Waals surface area contributed by atoms with Crippen molar-refractivity contribution in [2.75, 3.05) is 12.8 Å². The van der Waals surface area contributed by atoms with Gasteiger partial charge in [-0.15, -0.1) is 0 Å². The Morgan fingerprint density at radius 3 is 2.17 bits per heavy atom. The highest BCUT2D eigenvalue weighted by Gasteiger charge is 2.03. The number of ether oxygens (including phenoxy) is 1. The largest absolute Gasteiger partial charge is 0.508 e. The molecule has 3 rings (SSSR count). The van der Waals surface area contributed by atoms with Crippen molar-refractivity contribution in [3.8, 4) is 34.5 Å². The summed E-state index contributed by atoms with van der Waals surface area (Å²) in [5, 5.41) is 9.48. The van der Waals surface area contributed by atoms with Crippen LogP contribution in [0.5, 0.6) is 11.5 Å². The third-order valence-electron chi connectivity index (χ3n) is 3.62. The number of nitrogens with two attached hydrogens (primary N) is 1. The summed E-state index contributed by atoms with van der Waals surface area (Å²) in [5.74, 6) is 7.05. The first-order valence-electron chi connectivity index (χ1n) is 7.51. The minimum Gasteiger partial charge on any atom is -0.508 e. The molecule has 0 bridgehead atoms. The number of methoxy groups -OCH3 is 1. The highest BCUT2D eigenvalue weighted by molar-refractivity contribution is 5.71. The predicted octanol–water partition coefficient (Wildman–Crippen LogP) is 4.05. The molecule has 0 amide bonds. The van der Waals surface area contributed by atoms with E-state index in [-0.39, 0.29) is 5.75 Å². The Bertz CT molecular complexity index is 936. The number of nitrogen functional groups attached to an aromatic ring is 1. The van der Waals surface area contributed by atoms with Gasteiger partial charge in [0.05, 0.1) is 12.8 Å². The van der Waals surface area contributed by atoms with Crippen LogP contribution in [0, 0.1) is 11.8 Å². The molecule has 0 spiro atoms. The van der Waals surface area contributed by atoms with Crippen molar-refractivity contribution >= 4 is 5.69 Å². The van der Waals surface area contributed by atoms with Crippen LogP contribution in [0.4, 0.5) is 5.69 Å². The van der Waals surface area contributed by atoms with E-state index >= 15 is 0 Å². The lowest BCUT2D eigenvalue weighted by Gasteiger charge is -2.07. The van der Waals surface area contributed by atoms with E-state index in [1.54, 1.807) is 25.3 Å². The summed E-state index contributed by atoms with van der Waals surface area (Å²) < 4.78 is 5.19. The van der Waals surface area contributed by atoms with Crippen molar-refractivity contribution in [2.24, 2.45) is 0 Å². The van der Waals surface area contributed by atoms with Crippen LogP contribution in [0.25, 0.3) is 11.1 Å². The zero-order chi connectivity index (χ0) is 16.9. The van der Waals surface area contributed by atoms with Crippen LogP contribution in [0.15, 0.2) is 66.7 Å². The molecule has 0 unspecified atom stereocenters. The van der Waals surface area contributed by atoms with Crippen molar-refractivity contribution < 1.29 is 9.84 Å². The van der Waals surface area contributed by atoms with E-state index in [4.69, 9.17) is 10.5 Å². The fraction of sp³-hybridized carbons (Fsp3) is 0.0476. The van der Waals surface area contributed by atoms with Crippen molar-refractivity contribution in [3.05, 3.63) is 77.9 Å². The van der Waals surface area contributed by atoms with Crippen molar-refractivity contribution in [1.29, 1.82) is 0 Å². The van der Waals surface area contributed by atoms with Gasteiger partial charge in [0.15, 0.2) is 0 Å². The first kappa shape index (κ1) is 15.5. The molecule has 3 nitrogen and oxygen atoms in total. The maximum absolute atomic E-state index is 9.48. The summed E-state index contributed by atoms with van der Waals surface area (Å²) in [6, 6.07) is 20.6. The van der Waals surface area contributed by atoms with Gasteiger partial charge >= 0.3 is 0 Å². The molecule has 118 valence electrons. The SMILES string of the molecule is COc1ccc(-c2cccc(C#Cc3cccc(O)c3)c2)cc1N. The van der Waals surface area contributed by atoms with Gasteiger partial charge in [0.1, 0.15) is 11.5 Å². The summed E-state index contributed by atoms with van der Waals surface area (Å²) >= 11 is 0. The van der Waals surface area contributed by atoms with Crippen LogP contribution < -0.4 is 10.5 Å². The van der Waals surface area contributed by atoms with E-state index in [0.29, 0.717) is 11.4 Å². The Hall–Kier alpha value is -3.38. The molecule has 3 N–H and O–H groups in total. The van der Waals surface area contributed by atoms with Crippen LogP contribution in [0.2, 0.25) is 0 Å². The highest BCUT2D eigenvalue weighted by Crippen LogP contribution is 2.28. The number of phenols is 1. The lowest BCUT2D eigenvalue weighted by atomic mass is 10.0. The number of phenolic OH excluding ortho intramolecular Hbond substituents is 1. The molecule has 0 aliphatic carbocycles. The van der Waals surface area contributed by atoms with Gasteiger partial charge in [-0.25, -0.2) is 0 Å². The number of anilines is 1. The van der Waals surface area contributed by atoms with Gasteiger partial charge in [0.2, 0.25) is 0 Å². The lowest BCUT2D eigenvalue weighted by molar-refractivity contribution is 0.417. The summed E-state index contributed by atoms with van der Waals surface area (Å²) in [5.41, 5.74) is 10.3. The van der Waals surface area contributed by atoms with Gasteiger partial charge in [-0.3, -0.25) is 0 Å². The normalized spacial score (nSPS) is 9.88. The van der Waals surface area contributed by atoms with E-state index in [9.17, 15) is 5.11 Å².